The molecule has 1 aliphatic heterocycles. The minimum atomic E-state index is 0. The van der Waals surface area contributed by atoms with Crippen molar-refractivity contribution >= 4 is 18.3 Å². The van der Waals surface area contributed by atoms with Crippen molar-refractivity contribution in [1.82, 2.24) is 4.90 Å². The van der Waals surface area contributed by atoms with Crippen LogP contribution in [0.1, 0.15) is 52.4 Å². The Morgan fingerprint density at radius 2 is 1.94 bits per heavy atom. The summed E-state index contributed by atoms with van der Waals surface area (Å²) in [4.78, 5) is 14.5. The lowest BCUT2D eigenvalue weighted by Gasteiger charge is -2.35. The maximum absolute atomic E-state index is 12.4. The maximum Gasteiger partial charge on any atom is 0.228 e. The summed E-state index contributed by atoms with van der Waals surface area (Å²) < 4.78 is 0. The Bertz CT molecular complexity index is 282. The van der Waals surface area contributed by atoms with Gasteiger partial charge in [-0.1, -0.05) is 13.3 Å². The number of nitrogens with zero attached hydrogens (tertiary/aromatic N) is 1. The van der Waals surface area contributed by atoms with E-state index >= 15 is 0 Å². The van der Waals surface area contributed by atoms with Gasteiger partial charge in [-0.15, -0.1) is 12.4 Å². The molecule has 18 heavy (non-hydrogen) atoms. The van der Waals surface area contributed by atoms with Crippen LogP contribution in [0, 0.1) is 11.3 Å². The molecule has 2 N–H and O–H groups in total. The summed E-state index contributed by atoms with van der Waals surface area (Å²) in [5, 5.41) is 0. The smallest absolute Gasteiger partial charge is 0.228 e. The summed E-state index contributed by atoms with van der Waals surface area (Å²) in [5.74, 6) is 1.04. The number of hydrogen-bond acceptors (Lipinski definition) is 2. The van der Waals surface area contributed by atoms with Crippen LogP contribution in [0.5, 0.6) is 0 Å². The van der Waals surface area contributed by atoms with Gasteiger partial charge in [-0.2, -0.15) is 0 Å². The van der Waals surface area contributed by atoms with E-state index in [9.17, 15) is 4.79 Å². The molecule has 0 aromatic carbocycles. The minimum Gasteiger partial charge on any atom is -0.342 e. The van der Waals surface area contributed by atoms with Crippen LogP contribution in [0.4, 0.5) is 0 Å². The van der Waals surface area contributed by atoms with E-state index in [4.69, 9.17) is 5.73 Å². The van der Waals surface area contributed by atoms with Crippen LogP contribution >= 0.6 is 12.4 Å². The van der Waals surface area contributed by atoms with E-state index in [2.05, 4.69) is 18.7 Å². The molecule has 4 heteroatoms. The van der Waals surface area contributed by atoms with Crippen LogP contribution in [0.15, 0.2) is 0 Å². The monoisotopic (exact) mass is 274 g/mol. The Balaban J connectivity index is 0.00000162. The lowest BCUT2D eigenvalue weighted by molar-refractivity contribution is -0.138. The second-order valence-electron chi connectivity index (χ2n) is 6.02. The zero-order chi connectivity index (χ0) is 12.5. The SMILES string of the molecule is CCCC1(C(=O)N2CCC(C(C)N)CC2)CC1.Cl. The fraction of sp³-hybridized carbons (Fsp3) is 0.929. The van der Waals surface area contributed by atoms with Gasteiger partial charge in [0.05, 0.1) is 0 Å². The number of piperidine rings is 1. The van der Waals surface area contributed by atoms with Crippen molar-refractivity contribution in [3.63, 3.8) is 0 Å². The molecular formula is C14H27ClN2O. The first-order valence-corrected chi connectivity index (χ1v) is 7.14. The third kappa shape index (κ3) is 3.18. The van der Waals surface area contributed by atoms with Gasteiger partial charge < -0.3 is 10.6 Å². The van der Waals surface area contributed by atoms with Crippen molar-refractivity contribution in [2.75, 3.05) is 13.1 Å². The van der Waals surface area contributed by atoms with Crippen LogP contribution in [0.25, 0.3) is 0 Å². The maximum atomic E-state index is 12.4. The highest BCUT2D eigenvalue weighted by atomic mass is 35.5. The van der Waals surface area contributed by atoms with Crippen LogP contribution in [-0.2, 0) is 4.79 Å². The summed E-state index contributed by atoms with van der Waals surface area (Å²) in [6.45, 7) is 6.12. The first-order valence-electron chi connectivity index (χ1n) is 7.14. The Hall–Kier alpha value is -0.280. The third-order valence-corrected chi connectivity index (χ3v) is 4.61. The highest BCUT2D eigenvalue weighted by Gasteiger charge is 2.50. The Labute approximate surface area is 117 Å². The molecule has 1 amide bonds. The highest BCUT2D eigenvalue weighted by molar-refractivity contribution is 5.85. The molecule has 1 atom stereocenters. The number of amides is 1. The number of rotatable bonds is 4. The molecule has 0 spiro atoms. The normalized spacial score (nSPS) is 24.3. The molecule has 1 saturated carbocycles. The Morgan fingerprint density at radius 3 is 2.33 bits per heavy atom. The first-order chi connectivity index (χ1) is 8.09. The summed E-state index contributed by atoms with van der Waals surface area (Å²) in [7, 11) is 0. The fourth-order valence-electron chi connectivity index (χ4n) is 3.16. The van der Waals surface area contributed by atoms with Gasteiger partial charge in [0.25, 0.3) is 0 Å². The lowest BCUT2D eigenvalue weighted by Crippen LogP contribution is -2.45. The van der Waals surface area contributed by atoms with Gasteiger partial charge in [0, 0.05) is 24.5 Å². The molecule has 1 aliphatic carbocycles. The molecule has 0 aromatic heterocycles. The summed E-state index contributed by atoms with van der Waals surface area (Å²) >= 11 is 0. The molecule has 0 radical (unpaired) electrons. The first kappa shape index (κ1) is 15.8. The molecule has 2 rings (SSSR count). The molecule has 0 bridgehead atoms. The molecule has 106 valence electrons. The van der Waals surface area contributed by atoms with Crippen LogP contribution in [-0.4, -0.2) is 29.9 Å². The van der Waals surface area contributed by atoms with Crippen LogP contribution in [0.3, 0.4) is 0 Å². The van der Waals surface area contributed by atoms with Gasteiger partial charge in [0.2, 0.25) is 5.91 Å². The predicted octanol–water partition coefficient (Wildman–Crippen LogP) is 2.57. The minimum absolute atomic E-state index is 0. The molecule has 0 aromatic rings. The van der Waals surface area contributed by atoms with E-state index in [1.807, 2.05) is 0 Å². The topological polar surface area (TPSA) is 46.3 Å². The third-order valence-electron chi connectivity index (χ3n) is 4.61. The van der Waals surface area contributed by atoms with E-state index in [1.165, 1.54) is 0 Å². The van der Waals surface area contributed by atoms with Gasteiger partial charge in [0.1, 0.15) is 0 Å². The zero-order valence-electron chi connectivity index (χ0n) is 11.7. The van der Waals surface area contributed by atoms with Crippen molar-refractivity contribution in [2.45, 2.75) is 58.4 Å². The number of halogens is 1. The van der Waals surface area contributed by atoms with E-state index in [0.717, 1.165) is 51.6 Å². The Morgan fingerprint density at radius 1 is 1.39 bits per heavy atom. The predicted molar refractivity (Wildman–Crippen MR) is 76.8 cm³/mol. The van der Waals surface area contributed by atoms with Crippen LogP contribution < -0.4 is 5.73 Å². The molecule has 2 fully saturated rings. The molecular weight excluding hydrogens is 248 g/mol. The number of likely N-dealkylation sites (tertiary alicyclic amines) is 1. The van der Waals surface area contributed by atoms with Crippen molar-refractivity contribution in [3.05, 3.63) is 0 Å². The molecule has 1 unspecified atom stereocenters. The molecule has 1 heterocycles. The second-order valence-corrected chi connectivity index (χ2v) is 6.02. The van der Waals surface area contributed by atoms with Gasteiger partial charge in [-0.3, -0.25) is 4.79 Å². The average Bonchev–Trinajstić information content (AvgIpc) is 3.10. The molecule has 1 saturated heterocycles. The van der Waals surface area contributed by atoms with Gasteiger partial charge >= 0.3 is 0 Å². The molecule has 2 aliphatic rings. The molecule has 3 nitrogen and oxygen atoms in total. The highest BCUT2D eigenvalue weighted by Crippen LogP contribution is 2.51. The van der Waals surface area contributed by atoms with Gasteiger partial charge in [0.15, 0.2) is 0 Å². The van der Waals surface area contributed by atoms with E-state index in [0.29, 0.717) is 11.8 Å². The standard InChI is InChI=1S/C14H26N2O.ClH/c1-3-6-14(7-8-14)13(17)16-9-4-12(5-10-16)11(2)15;/h11-12H,3-10,15H2,1-2H3;1H. The van der Waals surface area contributed by atoms with Crippen molar-refractivity contribution < 1.29 is 4.79 Å². The van der Waals surface area contributed by atoms with Crippen molar-refractivity contribution in [3.8, 4) is 0 Å². The van der Waals surface area contributed by atoms with E-state index in [-0.39, 0.29) is 23.9 Å². The second kappa shape index (κ2) is 6.25. The van der Waals surface area contributed by atoms with E-state index < -0.39 is 0 Å². The number of carbonyl (C=O) groups is 1. The van der Waals surface area contributed by atoms with Crippen molar-refractivity contribution in [2.24, 2.45) is 17.1 Å². The average molecular weight is 275 g/mol. The largest absolute Gasteiger partial charge is 0.342 e. The van der Waals surface area contributed by atoms with Gasteiger partial charge in [-0.25, -0.2) is 0 Å². The summed E-state index contributed by atoms with van der Waals surface area (Å²) in [6, 6.07) is 0.276. The Kier molecular flexibility index (Phi) is 5.47. The van der Waals surface area contributed by atoms with E-state index in [1.54, 1.807) is 0 Å². The number of hydrogen-bond donors (Lipinski definition) is 1. The van der Waals surface area contributed by atoms with Crippen LogP contribution in [0.2, 0.25) is 0 Å². The van der Waals surface area contributed by atoms with Crippen molar-refractivity contribution in [1.29, 1.82) is 0 Å². The fourth-order valence-corrected chi connectivity index (χ4v) is 3.16. The number of carbonyl (C=O) groups excluding carboxylic acids is 1. The quantitative estimate of drug-likeness (QED) is 0.856. The van der Waals surface area contributed by atoms with Gasteiger partial charge in [-0.05, 0) is 44.9 Å². The number of nitrogens with two attached hydrogens (primary N) is 1. The summed E-state index contributed by atoms with van der Waals surface area (Å²) in [5.41, 5.74) is 5.98. The zero-order valence-corrected chi connectivity index (χ0v) is 12.5. The lowest BCUT2D eigenvalue weighted by atomic mass is 9.89. The summed E-state index contributed by atoms with van der Waals surface area (Å²) in [6.07, 6.45) is 6.62.